The Bertz CT molecular complexity index is 441. The number of piperidine rings is 1. The van der Waals surface area contributed by atoms with Crippen molar-refractivity contribution >= 4 is 17.5 Å². The highest BCUT2D eigenvalue weighted by Gasteiger charge is 2.22. The van der Waals surface area contributed by atoms with Crippen LogP contribution in [0.1, 0.15) is 28.8 Å². The van der Waals surface area contributed by atoms with E-state index in [0.717, 1.165) is 31.5 Å². The van der Waals surface area contributed by atoms with E-state index in [1.165, 1.54) is 0 Å². The van der Waals surface area contributed by atoms with Crippen LogP contribution in [0.4, 0.5) is 0 Å². The van der Waals surface area contributed by atoms with Crippen LogP contribution in [0.15, 0.2) is 18.2 Å². The molecule has 2 rings (SSSR count). The van der Waals surface area contributed by atoms with E-state index in [1.54, 1.807) is 6.07 Å². The number of amides is 1. The van der Waals surface area contributed by atoms with Crippen molar-refractivity contribution in [3.63, 3.8) is 0 Å². The van der Waals surface area contributed by atoms with Gasteiger partial charge >= 0.3 is 0 Å². The molecule has 1 heterocycles. The zero-order valence-corrected chi connectivity index (χ0v) is 11.6. The lowest BCUT2D eigenvalue weighted by atomic mass is 10.0. The summed E-state index contributed by atoms with van der Waals surface area (Å²) in [5.74, 6) is 0.0591. The molecule has 0 saturated carbocycles. The molecule has 0 spiro atoms. The first-order valence-corrected chi connectivity index (χ1v) is 6.71. The number of hydrogen-bond acceptors (Lipinski definition) is 2. The van der Waals surface area contributed by atoms with Crippen LogP contribution < -0.4 is 5.32 Å². The van der Waals surface area contributed by atoms with Crippen molar-refractivity contribution < 1.29 is 4.79 Å². The highest BCUT2D eigenvalue weighted by molar-refractivity contribution is 6.31. The zero-order valence-electron chi connectivity index (χ0n) is 10.9. The van der Waals surface area contributed by atoms with Gasteiger partial charge in [-0.05, 0) is 50.6 Å². The van der Waals surface area contributed by atoms with E-state index in [9.17, 15) is 4.79 Å². The molecule has 0 aliphatic carbocycles. The number of nitrogens with one attached hydrogen (secondary N) is 1. The largest absolute Gasteiger partial charge is 0.339 e. The number of halogens is 1. The van der Waals surface area contributed by atoms with Crippen LogP contribution in [0.25, 0.3) is 0 Å². The van der Waals surface area contributed by atoms with Gasteiger partial charge in [-0.15, -0.1) is 0 Å². The van der Waals surface area contributed by atoms with Gasteiger partial charge in [0.15, 0.2) is 0 Å². The van der Waals surface area contributed by atoms with Gasteiger partial charge in [0, 0.05) is 23.7 Å². The lowest BCUT2D eigenvalue weighted by molar-refractivity contribution is 0.0703. The summed E-state index contributed by atoms with van der Waals surface area (Å²) in [7, 11) is 1.88. The Morgan fingerprint density at radius 1 is 1.39 bits per heavy atom. The minimum absolute atomic E-state index is 0.0591. The number of benzene rings is 1. The Kier molecular flexibility index (Phi) is 4.25. The van der Waals surface area contributed by atoms with Gasteiger partial charge in [-0.2, -0.15) is 0 Å². The zero-order chi connectivity index (χ0) is 13.1. The topological polar surface area (TPSA) is 32.3 Å². The van der Waals surface area contributed by atoms with Gasteiger partial charge in [0.1, 0.15) is 0 Å². The molecule has 1 amide bonds. The molecule has 1 aliphatic heterocycles. The molecule has 98 valence electrons. The smallest absolute Gasteiger partial charge is 0.253 e. The summed E-state index contributed by atoms with van der Waals surface area (Å²) >= 11 is 6.07. The molecule has 1 fully saturated rings. The lowest BCUT2D eigenvalue weighted by Gasteiger charge is -2.31. The van der Waals surface area contributed by atoms with E-state index in [4.69, 9.17) is 11.6 Å². The summed E-state index contributed by atoms with van der Waals surface area (Å²) < 4.78 is 0. The maximum atomic E-state index is 12.4. The van der Waals surface area contributed by atoms with Gasteiger partial charge in [-0.1, -0.05) is 17.7 Å². The molecular formula is C14H19ClN2O. The summed E-state index contributed by atoms with van der Waals surface area (Å²) in [6.07, 6.45) is 2.03. The fraction of sp³-hybridized carbons (Fsp3) is 0.500. The summed E-state index contributed by atoms with van der Waals surface area (Å²) in [6, 6.07) is 5.84. The van der Waals surface area contributed by atoms with E-state index in [1.807, 2.05) is 31.0 Å². The third-order valence-corrected chi connectivity index (χ3v) is 4.00. The van der Waals surface area contributed by atoms with E-state index < -0.39 is 0 Å². The fourth-order valence-electron chi connectivity index (χ4n) is 2.29. The SMILES string of the molecule is Cc1ccc(C(=O)N(C)C2CCNCC2)cc1Cl. The third kappa shape index (κ3) is 2.85. The predicted molar refractivity (Wildman–Crippen MR) is 74.2 cm³/mol. The van der Waals surface area contributed by atoms with Crippen LogP contribution in [0, 0.1) is 6.92 Å². The minimum Gasteiger partial charge on any atom is -0.339 e. The average molecular weight is 267 g/mol. The Morgan fingerprint density at radius 2 is 2.06 bits per heavy atom. The van der Waals surface area contributed by atoms with Gasteiger partial charge in [0.2, 0.25) is 0 Å². The molecule has 3 nitrogen and oxygen atoms in total. The monoisotopic (exact) mass is 266 g/mol. The Hall–Kier alpha value is -1.06. The highest BCUT2D eigenvalue weighted by atomic mass is 35.5. The quantitative estimate of drug-likeness (QED) is 0.892. The summed E-state index contributed by atoms with van der Waals surface area (Å²) in [6.45, 7) is 3.90. The van der Waals surface area contributed by atoms with Crippen molar-refractivity contribution in [3.05, 3.63) is 34.3 Å². The third-order valence-electron chi connectivity index (χ3n) is 3.60. The predicted octanol–water partition coefficient (Wildman–Crippen LogP) is 2.47. The summed E-state index contributed by atoms with van der Waals surface area (Å²) in [4.78, 5) is 14.2. The van der Waals surface area contributed by atoms with Crippen molar-refractivity contribution in [1.29, 1.82) is 0 Å². The maximum Gasteiger partial charge on any atom is 0.253 e. The minimum atomic E-state index is 0.0591. The molecule has 1 N–H and O–H groups in total. The van der Waals surface area contributed by atoms with E-state index in [-0.39, 0.29) is 5.91 Å². The number of carbonyl (C=O) groups is 1. The fourth-order valence-corrected chi connectivity index (χ4v) is 2.47. The van der Waals surface area contributed by atoms with Crippen LogP contribution in [0.2, 0.25) is 5.02 Å². The lowest BCUT2D eigenvalue weighted by Crippen LogP contribution is -2.43. The van der Waals surface area contributed by atoms with Gasteiger partial charge in [0.25, 0.3) is 5.91 Å². The van der Waals surface area contributed by atoms with Crippen molar-refractivity contribution in [2.45, 2.75) is 25.8 Å². The van der Waals surface area contributed by atoms with Crippen LogP contribution in [0.5, 0.6) is 0 Å². The second kappa shape index (κ2) is 5.72. The number of hydrogen-bond donors (Lipinski definition) is 1. The van der Waals surface area contributed by atoms with Crippen molar-refractivity contribution in [2.75, 3.05) is 20.1 Å². The van der Waals surface area contributed by atoms with E-state index in [0.29, 0.717) is 16.6 Å². The molecular weight excluding hydrogens is 248 g/mol. The Labute approximate surface area is 113 Å². The highest BCUT2D eigenvalue weighted by Crippen LogP contribution is 2.19. The first kappa shape index (κ1) is 13.4. The first-order chi connectivity index (χ1) is 8.59. The molecule has 0 radical (unpaired) electrons. The number of aryl methyl sites for hydroxylation is 1. The van der Waals surface area contributed by atoms with Crippen LogP contribution in [-0.2, 0) is 0 Å². The van der Waals surface area contributed by atoms with Crippen LogP contribution >= 0.6 is 11.6 Å². The van der Waals surface area contributed by atoms with Gasteiger partial charge in [-0.3, -0.25) is 4.79 Å². The number of carbonyl (C=O) groups excluding carboxylic acids is 1. The van der Waals surface area contributed by atoms with E-state index in [2.05, 4.69) is 5.32 Å². The molecule has 4 heteroatoms. The molecule has 18 heavy (non-hydrogen) atoms. The second-order valence-electron chi connectivity index (χ2n) is 4.86. The van der Waals surface area contributed by atoms with Gasteiger partial charge in [0.05, 0.1) is 0 Å². The maximum absolute atomic E-state index is 12.4. The van der Waals surface area contributed by atoms with Crippen molar-refractivity contribution in [1.82, 2.24) is 10.2 Å². The Morgan fingerprint density at radius 3 is 2.67 bits per heavy atom. The van der Waals surface area contributed by atoms with Crippen molar-refractivity contribution in [3.8, 4) is 0 Å². The van der Waals surface area contributed by atoms with E-state index >= 15 is 0 Å². The molecule has 0 bridgehead atoms. The van der Waals surface area contributed by atoms with Crippen molar-refractivity contribution in [2.24, 2.45) is 0 Å². The number of nitrogens with zero attached hydrogens (tertiary/aromatic N) is 1. The Balaban J connectivity index is 2.11. The second-order valence-corrected chi connectivity index (χ2v) is 5.27. The van der Waals surface area contributed by atoms with Gasteiger partial charge < -0.3 is 10.2 Å². The van der Waals surface area contributed by atoms with Crippen LogP contribution in [0.3, 0.4) is 0 Å². The molecule has 1 saturated heterocycles. The number of rotatable bonds is 2. The molecule has 1 aromatic rings. The first-order valence-electron chi connectivity index (χ1n) is 6.33. The normalized spacial score (nSPS) is 16.6. The summed E-state index contributed by atoms with van der Waals surface area (Å²) in [5, 5.41) is 3.96. The molecule has 0 unspecified atom stereocenters. The molecule has 0 atom stereocenters. The standard InChI is InChI=1S/C14H19ClN2O/c1-10-3-4-11(9-13(10)15)14(18)17(2)12-5-7-16-8-6-12/h3-4,9,12,16H,5-8H2,1-2H3. The molecule has 0 aromatic heterocycles. The summed E-state index contributed by atoms with van der Waals surface area (Å²) in [5.41, 5.74) is 1.67. The molecule has 1 aliphatic rings. The van der Waals surface area contributed by atoms with Gasteiger partial charge in [-0.25, -0.2) is 0 Å². The molecule has 1 aromatic carbocycles. The van der Waals surface area contributed by atoms with Crippen LogP contribution in [-0.4, -0.2) is 37.0 Å². The average Bonchev–Trinajstić information content (AvgIpc) is 2.41.